The fraction of sp³-hybridized carbons (Fsp3) is 0.500. The second-order valence-electron chi connectivity index (χ2n) is 4.29. The molecular weight excluding hydrogens is 275 g/mol. The summed E-state index contributed by atoms with van der Waals surface area (Å²) in [6, 6.07) is 0.833. The second-order valence-corrected chi connectivity index (χ2v) is 4.29. The van der Waals surface area contributed by atoms with Crippen molar-refractivity contribution in [2.24, 2.45) is 0 Å². The number of nitrogens with one attached hydrogen (secondary N) is 1. The molecule has 0 bridgehead atoms. The molecule has 1 atom stereocenters. The quantitative estimate of drug-likeness (QED) is 0.911. The first-order valence-electron chi connectivity index (χ1n) is 5.72. The number of rotatable bonds is 4. The molecule has 7 nitrogen and oxygen atoms in total. The first-order valence-corrected chi connectivity index (χ1v) is 5.72. The van der Waals surface area contributed by atoms with E-state index in [0.717, 1.165) is 12.3 Å². The molecule has 0 radical (unpaired) electrons. The molecule has 0 aliphatic carbocycles. The third kappa shape index (κ3) is 3.19. The van der Waals surface area contributed by atoms with Gasteiger partial charge in [0.25, 0.3) is 0 Å². The summed E-state index contributed by atoms with van der Waals surface area (Å²) in [6.07, 6.45) is -3.40. The Bertz CT molecular complexity index is 554. The van der Waals surface area contributed by atoms with Crippen molar-refractivity contribution in [3.63, 3.8) is 0 Å². The van der Waals surface area contributed by atoms with Crippen molar-refractivity contribution in [3.8, 4) is 0 Å². The zero-order chi connectivity index (χ0) is 14.8. The highest BCUT2D eigenvalue weighted by Gasteiger charge is 2.33. The number of halogens is 3. The highest BCUT2D eigenvalue weighted by atomic mass is 19.4. The molecule has 1 unspecified atom stereocenters. The highest BCUT2D eigenvalue weighted by Crippen LogP contribution is 2.28. The van der Waals surface area contributed by atoms with Gasteiger partial charge >= 0.3 is 6.18 Å². The minimum Gasteiger partial charge on any atom is -0.343 e. The minimum atomic E-state index is -4.49. The standard InChI is InChI=1S/C10H12F3N7/c1-6(8-16-18-19-17-8)5-20(2)9-14-4-3-7(15-9)10(11,12)13/h3-4,6H,5H2,1-2H3,(H,16,17,18,19). The topological polar surface area (TPSA) is 83.5 Å². The molecular formula is C10H12F3N7. The Morgan fingerprint density at radius 1 is 1.40 bits per heavy atom. The summed E-state index contributed by atoms with van der Waals surface area (Å²) in [5.74, 6) is 0.343. The minimum absolute atomic E-state index is 0.00447. The summed E-state index contributed by atoms with van der Waals surface area (Å²) >= 11 is 0. The molecule has 2 aromatic heterocycles. The SMILES string of the molecule is CC(CN(C)c1nccc(C(F)(F)F)n1)c1nn[nH]n1. The molecule has 108 valence electrons. The summed E-state index contributed by atoms with van der Waals surface area (Å²) in [7, 11) is 1.60. The van der Waals surface area contributed by atoms with Gasteiger partial charge in [0.05, 0.1) is 0 Å². The number of likely N-dealkylation sites (N-methyl/N-ethyl adjacent to an activating group) is 1. The van der Waals surface area contributed by atoms with Gasteiger partial charge < -0.3 is 4.90 Å². The van der Waals surface area contributed by atoms with Crippen molar-refractivity contribution in [1.82, 2.24) is 30.6 Å². The van der Waals surface area contributed by atoms with Crippen LogP contribution in [-0.2, 0) is 6.18 Å². The maximum Gasteiger partial charge on any atom is 0.433 e. The van der Waals surface area contributed by atoms with E-state index in [1.165, 1.54) is 4.90 Å². The van der Waals surface area contributed by atoms with Crippen LogP contribution >= 0.6 is 0 Å². The summed E-state index contributed by atoms with van der Waals surface area (Å²) in [5, 5.41) is 13.4. The van der Waals surface area contributed by atoms with Gasteiger partial charge in [0.2, 0.25) is 5.95 Å². The maximum atomic E-state index is 12.6. The highest BCUT2D eigenvalue weighted by molar-refractivity contribution is 5.30. The number of hydrogen-bond donors (Lipinski definition) is 1. The Kier molecular flexibility index (Phi) is 3.81. The lowest BCUT2D eigenvalue weighted by molar-refractivity contribution is -0.141. The Morgan fingerprint density at radius 2 is 2.15 bits per heavy atom. The normalized spacial score (nSPS) is 13.2. The summed E-state index contributed by atoms with van der Waals surface area (Å²) in [4.78, 5) is 8.85. The fourth-order valence-electron chi connectivity index (χ4n) is 1.64. The van der Waals surface area contributed by atoms with Crippen LogP contribution in [0.2, 0.25) is 0 Å². The lowest BCUT2D eigenvalue weighted by Crippen LogP contribution is -2.26. The van der Waals surface area contributed by atoms with Crippen LogP contribution in [-0.4, -0.2) is 44.2 Å². The van der Waals surface area contributed by atoms with Crippen LogP contribution in [0.15, 0.2) is 12.3 Å². The number of anilines is 1. The number of aromatic amines is 1. The second kappa shape index (κ2) is 5.39. The monoisotopic (exact) mass is 287 g/mol. The predicted molar refractivity (Wildman–Crippen MR) is 62.9 cm³/mol. The summed E-state index contributed by atoms with van der Waals surface area (Å²) < 4.78 is 37.7. The lowest BCUT2D eigenvalue weighted by atomic mass is 10.1. The van der Waals surface area contributed by atoms with Crippen molar-refractivity contribution in [1.29, 1.82) is 0 Å². The van der Waals surface area contributed by atoms with Gasteiger partial charge in [-0.05, 0) is 6.07 Å². The molecule has 10 heteroatoms. The molecule has 2 aromatic rings. The molecule has 0 saturated heterocycles. The average Bonchev–Trinajstić information content (AvgIpc) is 2.91. The van der Waals surface area contributed by atoms with Crippen LogP contribution in [0.3, 0.4) is 0 Å². The van der Waals surface area contributed by atoms with E-state index < -0.39 is 11.9 Å². The van der Waals surface area contributed by atoms with Crippen molar-refractivity contribution in [2.75, 3.05) is 18.5 Å². The van der Waals surface area contributed by atoms with E-state index >= 15 is 0 Å². The lowest BCUT2D eigenvalue weighted by Gasteiger charge is -2.20. The first kappa shape index (κ1) is 14.2. The number of alkyl halides is 3. The number of tetrazole rings is 1. The van der Waals surface area contributed by atoms with E-state index in [-0.39, 0.29) is 11.9 Å². The predicted octanol–water partition coefficient (Wildman–Crippen LogP) is 1.25. The number of nitrogens with zero attached hydrogens (tertiary/aromatic N) is 6. The molecule has 0 saturated carbocycles. The van der Waals surface area contributed by atoms with Crippen molar-refractivity contribution >= 4 is 5.95 Å². The van der Waals surface area contributed by atoms with Crippen LogP contribution in [0, 0.1) is 0 Å². The van der Waals surface area contributed by atoms with E-state index in [4.69, 9.17) is 0 Å². The van der Waals surface area contributed by atoms with Crippen LogP contribution in [0.1, 0.15) is 24.4 Å². The summed E-state index contributed by atoms with van der Waals surface area (Å²) in [5.41, 5.74) is -0.971. The zero-order valence-electron chi connectivity index (χ0n) is 10.8. The fourth-order valence-corrected chi connectivity index (χ4v) is 1.64. The van der Waals surface area contributed by atoms with Crippen molar-refractivity contribution in [2.45, 2.75) is 19.0 Å². The van der Waals surface area contributed by atoms with E-state index in [0.29, 0.717) is 12.4 Å². The third-order valence-electron chi connectivity index (χ3n) is 2.62. The van der Waals surface area contributed by atoms with Gasteiger partial charge in [0.1, 0.15) is 5.69 Å². The van der Waals surface area contributed by atoms with Gasteiger partial charge in [-0.2, -0.15) is 18.4 Å². The molecule has 0 fully saturated rings. The van der Waals surface area contributed by atoms with Crippen LogP contribution in [0.4, 0.5) is 19.1 Å². The molecule has 2 heterocycles. The van der Waals surface area contributed by atoms with E-state index in [1.54, 1.807) is 7.05 Å². The molecule has 20 heavy (non-hydrogen) atoms. The molecule has 0 aromatic carbocycles. The van der Waals surface area contributed by atoms with Gasteiger partial charge in [0, 0.05) is 25.7 Å². The molecule has 0 spiro atoms. The smallest absolute Gasteiger partial charge is 0.343 e. The largest absolute Gasteiger partial charge is 0.433 e. The number of hydrogen-bond acceptors (Lipinski definition) is 6. The third-order valence-corrected chi connectivity index (χ3v) is 2.62. The molecule has 0 amide bonds. The summed E-state index contributed by atoms with van der Waals surface area (Å²) in [6.45, 7) is 2.19. The molecule has 0 aliphatic heterocycles. The molecule has 2 rings (SSSR count). The van der Waals surface area contributed by atoms with Crippen LogP contribution < -0.4 is 4.90 Å². The Morgan fingerprint density at radius 3 is 2.75 bits per heavy atom. The van der Waals surface area contributed by atoms with E-state index in [2.05, 4.69) is 30.6 Å². The van der Waals surface area contributed by atoms with Crippen molar-refractivity contribution in [3.05, 3.63) is 23.8 Å². The maximum absolute atomic E-state index is 12.6. The van der Waals surface area contributed by atoms with Gasteiger partial charge in [-0.3, -0.25) is 0 Å². The molecule has 1 N–H and O–H groups in total. The molecule has 0 aliphatic rings. The van der Waals surface area contributed by atoms with Gasteiger partial charge in [-0.15, -0.1) is 10.2 Å². The van der Waals surface area contributed by atoms with Gasteiger partial charge in [-0.1, -0.05) is 12.1 Å². The van der Waals surface area contributed by atoms with Crippen LogP contribution in [0.25, 0.3) is 0 Å². The Hall–Kier alpha value is -2.26. The van der Waals surface area contributed by atoms with E-state index in [1.807, 2.05) is 6.92 Å². The van der Waals surface area contributed by atoms with E-state index in [9.17, 15) is 13.2 Å². The Labute approximate surface area is 112 Å². The number of aromatic nitrogens is 6. The zero-order valence-corrected chi connectivity index (χ0v) is 10.8. The van der Waals surface area contributed by atoms with Gasteiger partial charge in [0.15, 0.2) is 5.82 Å². The van der Waals surface area contributed by atoms with Crippen molar-refractivity contribution < 1.29 is 13.2 Å². The van der Waals surface area contributed by atoms with Crippen LogP contribution in [0.5, 0.6) is 0 Å². The Balaban J connectivity index is 2.11. The van der Waals surface area contributed by atoms with Gasteiger partial charge in [-0.25, -0.2) is 9.97 Å². The first-order chi connectivity index (χ1) is 9.38. The number of H-pyrrole nitrogens is 1. The average molecular weight is 287 g/mol.